The molecule has 3 aromatic carbocycles. The third-order valence-corrected chi connectivity index (χ3v) is 4.05. The van der Waals surface area contributed by atoms with Gasteiger partial charge in [0.25, 0.3) is 0 Å². The predicted octanol–water partition coefficient (Wildman–Crippen LogP) is 5.32. The summed E-state index contributed by atoms with van der Waals surface area (Å²) in [7, 11) is 0. The minimum Gasteiger partial charge on any atom is -0.455 e. The Bertz CT molecular complexity index is 1060. The van der Waals surface area contributed by atoms with Gasteiger partial charge in [-0.25, -0.2) is 4.98 Å². The number of carbonyl (C=O) groups excluding carboxylic acids is 1. The first-order chi connectivity index (χ1) is 13.8. The molecule has 0 aliphatic rings. The Morgan fingerprint density at radius 3 is 2.36 bits per heavy atom. The molecule has 4 rings (SSSR count). The van der Waals surface area contributed by atoms with E-state index in [9.17, 15) is 4.79 Å². The van der Waals surface area contributed by atoms with Crippen LogP contribution in [-0.2, 0) is 11.2 Å². The summed E-state index contributed by atoms with van der Waals surface area (Å²) in [5, 5.41) is 2.88. The van der Waals surface area contributed by atoms with E-state index in [1.54, 1.807) is 6.07 Å². The maximum Gasteiger partial charge on any atom is 0.230 e. The molecular formula is C23H18N2O3. The third kappa shape index (κ3) is 4.27. The Morgan fingerprint density at radius 1 is 0.893 bits per heavy atom. The monoisotopic (exact) mass is 370 g/mol. The number of hydrogen-bond acceptors (Lipinski definition) is 4. The SMILES string of the molecule is O=C(Cc1coc(-c2ccccc2)n1)Nc1ccccc1Oc1ccccc1. The van der Waals surface area contributed by atoms with Crippen molar-refractivity contribution in [3.8, 4) is 23.0 Å². The standard InChI is InChI=1S/C23H18N2O3/c26-22(15-18-16-27-23(24-18)17-9-3-1-4-10-17)25-20-13-7-8-14-21(20)28-19-11-5-2-6-12-19/h1-14,16H,15H2,(H,25,26). The van der Waals surface area contributed by atoms with Gasteiger partial charge in [-0.15, -0.1) is 0 Å². The van der Waals surface area contributed by atoms with Gasteiger partial charge >= 0.3 is 0 Å². The zero-order chi connectivity index (χ0) is 19.2. The van der Waals surface area contributed by atoms with Gasteiger partial charge < -0.3 is 14.5 Å². The largest absolute Gasteiger partial charge is 0.455 e. The van der Waals surface area contributed by atoms with Gasteiger partial charge in [0, 0.05) is 5.56 Å². The number of hydrogen-bond donors (Lipinski definition) is 1. The highest BCUT2D eigenvalue weighted by molar-refractivity contribution is 5.93. The fourth-order valence-corrected chi connectivity index (χ4v) is 2.73. The van der Waals surface area contributed by atoms with Gasteiger partial charge in [-0.1, -0.05) is 48.5 Å². The first-order valence-electron chi connectivity index (χ1n) is 8.89. The molecule has 0 spiro atoms. The summed E-state index contributed by atoms with van der Waals surface area (Å²) in [5.41, 5.74) is 2.04. The highest BCUT2D eigenvalue weighted by Gasteiger charge is 2.13. The smallest absolute Gasteiger partial charge is 0.230 e. The number of ether oxygens (including phenoxy) is 1. The molecule has 1 aromatic heterocycles. The Kier molecular flexibility index (Phi) is 5.15. The van der Waals surface area contributed by atoms with E-state index in [0.29, 0.717) is 28.8 Å². The van der Waals surface area contributed by atoms with E-state index in [0.717, 1.165) is 5.56 Å². The summed E-state index contributed by atoms with van der Waals surface area (Å²) in [6.45, 7) is 0. The van der Waals surface area contributed by atoms with Crippen LogP contribution < -0.4 is 10.1 Å². The molecule has 0 unspecified atom stereocenters. The molecule has 0 aliphatic carbocycles. The topological polar surface area (TPSA) is 64.4 Å². The summed E-state index contributed by atoms with van der Waals surface area (Å²) < 4.78 is 11.4. The second-order valence-electron chi connectivity index (χ2n) is 6.15. The highest BCUT2D eigenvalue weighted by atomic mass is 16.5. The van der Waals surface area contributed by atoms with E-state index < -0.39 is 0 Å². The second-order valence-corrected chi connectivity index (χ2v) is 6.15. The van der Waals surface area contributed by atoms with Gasteiger partial charge in [-0.3, -0.25) is 4.79 Å². The number of benzene rings is 3. The van der Waals surface area contributed by atoms with Gasteiger partial charge in [-0.2, -0.15) is 0 Å². The molecule has 28 heavy (non-hydrogen) atoms. The molecular weight excluding hydrogens is 352 g/mol. The van der Waals surface area contributed by atoms with Crippen molar-refractivity contribution in [2.75, 3.05) is 5.32 Å². The van der Waals surface area contributed by atoms with Gasteiger partial charge in [0.05, 0.1) is 17.8 Å². The zero-order valence-corrected chi connectivity index (χ0v) is 15.0. The van der Waals surface area contributed by atoms with E-state index in [1.807, 2.05) is 78.9 Å². The van der Waals surface area contributed by atoms with Crippen LogP contribution in [0.1, 0.15) is 5.69 Å². The number of anilines is 1. The third-order valence-electron chi connectivity index (χ3n) is 4.05. The van der Waals surface area contributed by atoms with Gasteiger partial charge in [-0.05, 0) is 36.4 Å². The quantitative estimate of drug-likeness (QED) is 0.499. The van der Waals surface area contributed by atoms with E-state index >= 15 is 0 Å². The van der Waals surface area contributed by atoms with Crippen LogP contribution in [0.4, 0.5) is 5.69 Å². The van der Waals surface area contributed by atoms with Crippen LogP contribution in [0.25, 0.3) is 11.5 Å². The van der Waals surface area contributed by atoms with Crippen molar-refractivity contribution in [3.63, 3.8) is 0 Å². The average molecular weight is 370 g/mol. The minimum absolute atomic E-state index is 0.107. The molecule has 0 aliphatic heterocycles. The van der Waals surface area contributed by atoms with Crippen molar-refractivity contribution >= 4 is 11.6 Å². The predicted molar refractivity (Wildman–Crippen MR) is 107 cm³/mol. The fraction of sp³-hybridized carbons (Fsp3) is 0.0435. The molecule has 0 fully saturated rings. The van der Waals surface area contributed by atoms with E-state index in [-0.39, 0.29) is 12.3 Å². The van der Waals surface area contributed by atoms with Crippen LogP contribution in [0.15, 0.2) is 95.6 Å². The highest BCUT2D eigenvalue weighted by Crippen LogP contribution is 2.29. The van der Waals surface area contributed by atoms with Crippen molar-refractivity contribution in [2.24, 2.45) is 0 Å². The van der Waals surface area contributed by atoms with Crippen LogP contribution in [-0.4, -0.2) is 10.9 Å². The molecule has 1 N–H and O–H groups in total. The molecule has 0 radical (unpaired) electrons. The summed E-state index contributed by atoms with van der Waals surface area (Å²) in [6.07, 6.45) is 1.62. The number of carbonyl (C=O) groups is 1. The van der Waals surface area contributed by atoms with Crippen molar-refractivity contribution in [3.05, 3.63) is 96.9 Å². The molecule has 5 nitrogen and oxygen atoms in total. The Balaban J connectivity index is 1.44. The van der Waals surface area contributed by atoms with Crippen molar-refractivity contribution in [1.82, 2.24) is 4.98 Å². The number of nitrogens with zero attached hydrogens (tertiary/aromatic N) is 1. The van der Waals surface area contributed by atoms with Gasteiger partial charge in [0.1, 0.15) is 12.0 Å². The van der Waals surface area contributed by atoms with Gasteiger partial charge in [0.2, 0.25) is 11.8 Å². The van der Waals surface area contributed by atoms with Crippen molar-refractivity contribution < 1.29 is 13.9 Å². The summed E-state index contributed by atoms with van der Waals surface area (Å²) in [5.74, 6) is 1.58. The molecule has 5 heteroatoms. The first kappa shape index (κ1) is 17.5. The number of amides is 1. The summed E-state index contributed by atoms with van der Waals surface area (Å²) in [4.78, 5) is 16.9. The number of nitrogens with one attached hydrogen (secondary N) is 1. The second kappa shape index (κ2) is 8.22. The van der Waals surface area contributed by atoms with Crippen LogP contribution in [0.2, 0.25) is 0 Å². The molecule has 1 heterocycles. The van der Waals surface area contributed by atoms with E-state index in [1.165, 1.54) is 6.26 Å². The molecule has 138 valence electrons. The number of para-hydroxylation sites is 3. The molecule has 0 saturated carbocycles. The summed E-state index contributed by atoms with van der Waals surface area (Å²) >= 11 is 0. The van der Waals surface area contributed by atoms with E-state index in [4.69, 9.17) is 9.15 Å². The van der Waals surface area contributed by atoms with Crippen LogP contribution in [0.5, 0.6) is 11.5 Å². The van der Waals surface area contributed by atoms with Gasteiger partial charge in [0.15, 0.2) is 5.75 Å². The molecule has 0 atom stereocenters. The number of aromatic nitrogens is 1. The number of oxazole rings is 1. The van der Waals surface area contributed by atoms with Crippen molar-refractivity contribution in [1.29, 1.82) is 0 Å². The van der Waals surface area contributed by atoms with E-state index in [2.05, 4.69) is 10.3 Å². The lowest BCUT2D eigenvalue weighted by Crippen LogP contribution is -2.15. The Labute approximate surface area is 162 Å². The zero-order valence-electron chi connectivity index (χ0n) is 15.0. The fourth-order valence-electron chi connectivity index (χ4n) is 2.73. The minimum atomic E-state index is -0.197. The first-order valence-corrected chi connectivity index (χ1v) is 8.89. The normalized spacial score (nSPS) is 10.4. The Hall–Kier alpha value is -3.86. The molecule has 4 aromatic rings. The lowest BCUT2D eigenvalue weighted by Gasteiger charge is -2.11. The average Bonchev–Trinajstić information content (AvgIpc) is 3.19. The lowest BCUT2D eigenvalue weighted by molar-refractivity contribution is -0.115. The maximum atomic E-state index is 12.5. The molecule has 1 amide bonds. The van der Waals surface area contributed by atoms with Crippen molar-refractivity contribution in [2.45, 2.75) is 6.42 Å². The van der Waals surface area contributed by atoms with Crippen LogP contribution >= 0.6 is 0 Å². The van der Waals surface area contributed by atoms with Crippen LogP contribution in [0, 0.1) is 0 Å². The Morgan fingerprint density at radius 2 is 1.57 bits per heavy atom. The molecule has 0 bridgehead atoms. The van der Waals surface area contributed by atoms with Crippen LogP contribution in [0.3, 0.4) is 0 Å². The molecule has 0 saturated heterocycles. The number of rotatable bonds is 6. The lowest BCUT2D eigenvalue weighted by atomic mass is 10.2. The maximum absolute atomic E-state index is 12.5. The summed E-state index contributed by atoms with van der Waals surface area (Å²) in [6, 6.07) is 26.3.